The molecule has 2 aliphatic heterocycles. The third kappa shape index (κ3) is 6.45. The summed E-state index contributed by atoms with van der Waals surface area (Å²) in [6, 6.07) is 12.9. The van der Waals surface area contributed by atoms with Crippen LogP contribution < -0.4 is 20.1 Å². The Bertz CT molecular complexity index is 1520. The predicted octanol–water partition coefficient (Wildman–Crippen LogP) is 5.75. The van der Waals surface area contributed by atoms with Crippen molar-refractivity contribution in [3.8, 4) is 22.6 Å². The zero-order valence-electron chi connectivity index (χ0n) is 24.3. The van der Waals surface area contributed by atoms with E-state index in [-0.39, 0.29) is 60.7 Å². The second kappa shape index (κ2) is 13.8. The predicted molar refractivity (Wildman–Crippen MR) is 158 cm³/mol. The number of ether oxygens (including phenoxy) is 5. The maximum atomic E-state index is 16.4. The van der Waals surface area contributed by atoms with E-state index < -0.39 is 34.3 Å². The minimum Gasteiger partial charge on any atom is -0.488 e. The molecular formula is C32H33ClF2N2O7. The van der Waals surface area contributed by atoms with E-state index in [4.69, 9.17) is 35.3 Å². The van der Waals surface area contributed by atoms with Gasteiger partial charge in [0.1, 0.15) is 18.2 Å². The monoisotopic (exact) mass is 630 g/mol. The van der Waals surface area contributed by atoms with Gasteiger partial charge in [0.15, 0.2) is 23.5 Å². The molecule has 12 heteroatoms. The lowest BCUT2D eigenvalue weighted by atomic mass is 9.85. The van der Waals surface area contributed by atoms with Gasteiger partial charge in [0.2, 0.25) is 0 Å². The van der Waals surface area contributed by atoms with Gasteiger partial charge in [-0.3, -0.25) is 4.79 Å². The molecule has 0 aromatic heterocycles. The van der Waals surface area contributed by atoms with Crippen LogP contribution in [0.5, 0.6) is 11.5 Å². The number of amides is 2. The summed E-state index contributed by atoms with van der Waals surface area (Å²) in [6.45, 7) is 0.713. The van der Waals surface area contributed by atoms with Crippen LogP contribution in [0.1, 0.15) is 40.7 Å². The van der Waals surface area contributed by atoms with Crippen molar-refractivity contribution in [2.45, 2.75) is 37.6 Å². The van der Waals surface area contributed by atoms with E-state index in [0.717, 1.165) is 25.3 Å². The number of fused-ring (bicyclic) bond motifs is 1. The van der Waals surface area contributed by atoms with Crippen molar-refractivity contribution >= 4 is 23.6 Å². The Balaban J connectivity index is 1.55. The molecule has 2 aliphatic rings. The molecular weight excluding hydrogens is 598 g/mol. The summed E-state index contributed by atoms with van der Waals surface area (Å²) < 4.78 is 59.9. The fraction of sp³-hybridized carbons (Fsp3) is 0.375. The molecule has 0 aliphatic carbocycles. The van der Waals surface area contributed by atoms with Gasteiger partial charge in [-0.1, -0.05) is 41.9 Å². The maximum Gasteiger partial charge on any atom is 0.407 e. The third-order valence-electron chi connectivity index (χ3n) is 7.67. The van der Waals surface area contributed by atoms with E-state index in [2.05, 4.69) is 10.6 Å². The minimum absolute atomic E-state index is 0.00393. The number of methoxy groups -OCH3 is 1. The van der Waals surface area contributed by atoms with E-state index in [1.807, 2.05) is 6.07 Å². The van der Waals surface area contributed by atoms with E-state index >= 15 is 8.78 Å². The second-order valence-electron chi connectivity index (χ2n) is 10.4. The van der Waals surface area contributed by atoms with Crippen LogP contribution >= 0.6 is 11.6 Å². The highest BCUT2D eigenvalue weighted by molar-refractivity contribution is 6.34. The topological polar surface area (TPSA) is 104 Å². The van der Waals surface area contributed by atoms with Gasteiger partial charge >= 0.3 is 6.09 Å². The minimum atomic E-state index is -1.22. The molecule has 1 fully saturated rings. The van der Waals surface area contributed by atoms with E-state index in [0.29, 0.717) is 17.7 Å². The van der Waals surface area contributed by atoms with Gasteiger partial charge in [0.05, 0.1) is 30.8 Å². The van der Waals surface area contributed by atoms with Crippen molar-refractivity contribution in [2.75, 3.05) is 40.5 Å². The fourth-order valence-corrected chi connectivity index (χ4v) is 5.76. The van der Waals surface area contributed by atoms with Crippen molar-refractivity contribution in [1.29, 1.82) is 0 Å². The van der Waals surface area contributed by atoms with Crippen LogP contribution in [0, 0.1) is 11.6 Å². The fourth-order valence-electron chi connectivity index (χ4n) is 5.50. The number of rotatable bonds is 10. The number of hydrogen-bond donors (Lipinski definition) is 2. The zero-order chi connectivity index (χ0) is 31.3. The number of carbonyl (C=O) groups is 2. The standard InChI is InChI=1S/C32H33ClF2N2O7/c1-36-30(38)20-11-12-23(41-14-15-43-25-10-6-7-13-42-25)29(35)27(20)26-21-17-32(18-37-31(39)40-2,19-8-4-3-5-9-19)44-24(21)16-22(34)28(26)33/h3-5,8-9,11-12,16,25H,6-7,10,13-15,17-18H2,1-2H3,(H,36,38)(H,37,39). The summed E-state index contributed by atoms with van der Waals surface area (Å²) in [5.74, 6) is -2.47. The number of nitrogens with one attached hydrogen (secondary N) is 2. The molecule has 9 nitrogen and oxygen atoms in total. The Kier molecular flexibility index (Phi) is 9.87. The molecule has 2 atom stereocenters. The van der Waals surface area contributed by atoms with Crippen LogP contribution in [0.4, 0.5) is 13.6 Å². The zero-order valence-corrected chi connectivity index (χ0v) is 25.1. The van der Waals surface area contributed by atoms with Gasteiger partial charge in [-0.05, 0) is 37.0 Å². The van der Waals surface area contributed by atoms with Gasteiger partial charge in [-0.25, -0.2) is 13.6 Å². The lowest BCUT2D eigenvalue weighted by Crippen LogP contribution is -2.44. The first-order chi connectivity index (χ1) is 21.3. The number of benzene rings is 3. The van der Waals surface area contributed by atoms with Gasteiger partial charge in [0.25, 0.3) is 5.91 Å². The van der Waals surface area contributed by atoms with Crippen LogP contribution in [-0.4, -0.2) is 58.8 Å². The van der Waals surface area contributed by atoms with E-state index in [1.165, 1.54) is 26.3 Å². The van der Waals surface area contributed by atoms with Crippen LogP contribution in [0.3, 0.4) is 0 Å². The molecule has 3 aromatic carbocycles. The molecule has 2 N–H and O–H groups in total. The number of carbonyl (C=O) groups excluding carboxylic acids is 2. The van der Waals surface area contributed by atoms with Crippen molar-refractivity contribution in [2.24, 2.45) is 0 Å². The lowest BCUT2D eigenvalue weighted by molar-refractivity contribution is -0.165. The average Bonchev–Trinajstić information content (AvgIpc) is 3.43. The second-order valence-corrected chi connectivity index (χ2v) is 10.8. The first kappa shape index (κ1) is 31.5. The summed E-state index contributed by atoms with van der Waals surface area (Å²) in [5.41, 5.74) is -0.575. The first-order valence-corrected chi connectivity index (χ1v) is 14.6. The first-order valence-electron chi connectivity index (χ1n) is 14.3. The normalized spacial score (nSPS) is 19.1. The molecule has 3 aromatic rings. The highest BCUT2D eigenvalue weighted by Gasteiger charge is 2.44. The highest BCUT2D eigenvalue weighted by atomic mass is 35.5. The summed E-state index contributed by atoms with van der Waals surface area (Å²) in [7, 11) is 2.63. The molecule has 2 unspecified atom stereocenters. The maximum absolute atomic E-state index is 16.4. The van der Waals surface area contributed by atoms with Gasteiger partial charge in [-0.2, -0.15) is 0 Å². The molecule has 1 saturated heterocycles. The quantitative estimate of drug-likeness (QED) is 0.275. The Morgan fingerprint density at radius 2 is 1.89 bits per heavy atom. The van der Waals surface area contributed by atoms with Crippen LogP contribution in [-0.2, 0) is 26.2 Å². The number of alkyl carbamates (subject to hydrolysis) is 1. The average molecular weight is 631 g/mol. The summed E-state index contributed by atoms with van der Waals surface area (Å²) in [5, 5.41) is 4.76. The molecule has 234 valence electrons. The van der Waals surface area contributed by atoms with Crippen molar-refractivity contribution in [3.63, 3.8) is 0 Å². The number of hydrogen-bond acceptors (Lipinski definition) is 7. The molecule has 0 spiro atoms. The molecule has 2 amide bonds. The SMILES string of the molecule is CNC(=O)c1ccc(OCCOC2CCCCO2)c(F)c1-c1c(Cl)c(F)cc2c1CC(CNC(=O)OC)(c1ccccc1)O2. The van der Waals surface area contributed by atoms with Gasteiger partial charge in [0, 0.05) is 42.8 Å². The number of halogens is 3. The molecule has 44 heavy (non-hydrogen) atoms. The Morgan fingerprint density at radius 1 is 1.09 bits per heavy atom. The van der Waals surface area contributed by atoms with Crippen molar-refractivity contribution < 1.29 is 42.1 Å². The molecule has 0 saturated carbocycles. The largest absolute Gasteiger partial charge is 0.488 e. The highest BCUT2D eigenvalue weighted by Crippen LogP contribution is 2.50. The van der Waals surface area contributed by atoms with E-state index in [1.54, 1.807) is 24.3 Å². The Morgan fingerprint density at radius 3 is 2.59 bits per heavy atom. The summed E-state index contributed by atoms with van der Waals surface area (Å²) in [4.78, 5) is 25.0. The van der Waals surface area contributed by atoms with Crippen LogP contribution in [0.2, 0.25) is 5.02 Å². The summed E-state index contributed by atoms with van der Waals surface area (Å²) >= 11 is 6.56. The molecule has 2 heterocycles. The van der Waals surface area contributed by atoms with E-state index in [9.17, 15) is 9.59 Å². The smallest absolute Gasteiger partial charge is 0.407 e. The molecule has 0 bridgehead atoms. The lowest BCUT2D eigenvalue weighted by Gasteiger charge is -2.29. The molecule has 5 rings (SSSR count). The third-order valence-corrected chi connectivity index (χ3v) is 8.04. The Hall–Kier alpha value is -3.93. The van der Waals surface area contributed by atoms with Crippen LogP contribution in [0.15, 0.2) is 48.5 Å². The van der Waals surface area contributed by atoms with Gasteiger partial charge < -0.3 is 34.3 Å². The summed E-state index contributed by atoms with van der Waals surface area (Å²) in [6.07, 6.45) is 1.77. The van der Waals surface area contributed by atoms with Crippen molar-refractivity contribution in [3.05, 3.63) is 81.9 Å². The van der Waals surface area contributed by atoms with Gasteiger partial charge in [-0.15, -0.1) is 0 Å². The Labute approximate surface area is 258 Å². The van der Waals surface area contributed by atoms with Crippen LogP contribution in [0.25, 0.3) is 11.1 Å². The molecule has 0 radical (unpaired) electrons. The van der Waals surface area contributed by atoms with Crippen molar-refractivity contribution in [1.82, 2.24) is 10.6 Å².